The van der Waals surface area contributed by atoms with E-state index in [1.54, 1.807) is 0 Å². The standard InChI is InChI=1S/C12H23NO2/c1-9(12(14)15-3)10(2)13-8-7-11-5-4-6-11/h9-11,13H,4-8H2,1-3H3. The summed E-state index contributed by atoms with van der Waals surface area (Å²) in [6, 6.07) is 0.206. The van der Waals surface area contributed by atoms with Gasteiger partial charge in [0.2, 0.25) is 0 Å². The van der Waals surface area contributed by atoms with E-state index in [9.17, 15) is 4.79 Å². The average molecular weight is 213 g/mol. The summed E-state index contributed by atoms with van der Waals surface area (Å²) in [6.45, 7) is 4.97. The third-order valence-electron chi connectivity index (χ3n) is 3.57. The molecule has 1 aliphatic rings. The maximum atomic E-state index is 11.3. The molecule has 15 heavy (non-hydrogen) atoms. The molecule has 0 aromatic heterocycles. The Labute approximate surface area is 92.6 Å². The number of carbonyl (C=O) groups is 1. The summed E-state index contributed by atoms with van der Waals surface area (Å²) in [7, 11) is 1.44. The van der Waals surface area contributed by atoms with Gasteiger partial charge < -0.3 is 10.1 Å². The third kappa shape index (κ3) is 3.82. The second kappa shape index (κ2) is 6.11. The summed E-state index contributed by atoms with van der Waals surface area (Å²) in [5.41, 5.74) is 0. The number of hydrogen-bond donors (Lipinski definition) is 1. The maximum Gasteiger partial charge on any atom is 0.309 e. The van der Waals surface area contributed by atoms with Crippen LogP contribution < -0.4 is 5.32 Å². The van der Waals surface area contributed by atoms with Crippen LogP contribution in [0.4, 0.5) is 0 Å². The van der Waals surface area contributed by atoms with Crippen LogP contribution in [0.25, 0.3) is 0 Å². The number of carbonyl (C=O) groups excluding carboxylic acids is 1. The van der Waals surface area contributed by atoms with E-state index in [0.29, 0.717) is 0 Å². The van der Waals surface area contributed by atoms with Gasteiger partial charge in [-0.1, -0.05) is 26.2 Å². The summed E-state index contributed by atoms with van der Waals surface area (Å²) in [6.07, 6.45) is 5.43. The Morgan fingerprint density at radius 2 is 2.13 bits per heavy atom. The van der Waals surface area contributed by atoms with Crippen molar-refractivity contribution in [3.63, 3.8) is 0 Å². The van der Waals surface area contributed by atoms with Gasteiger partial charge in [0.25, 0.3) is 0 Å². The van der Waals surface area contributed by atoms with Crippen LogP contribution in [0.3, 0.4) is 0 Å². The highest BCUT2D eigenvalue weighted by Gasteiger charge is 2.21. The van der Waals surface area contributed by atoms with Crippen molar-refractivity contribution >= 4 is 5.97 Å². The smallest absolute Gasteiger partial charge is 0.309 e. The SMILES string of the molecule is COC(=O)C(C)C(C)NCCC1CCC1. The second-order valence-corrected chi connectivity index (χ2v) is 4.64. The fourth-order valence-electron chi connectivity index (χ4n) is 1.86. The lowest BCUT2D eigenvalue weighted by Crippen LogP contribution is -2.38. The van der Waals surface area contributed by atoms with Crippen molar-refractivity contribution in [3.8, 4) is 0 Å². The van der Waals surface area contributed by atoms with Crippen LogP contribution in [0.15, 0.2) is 0 Å². The number of rotatable bonds is 6. The fraction of sp³-hybridized carbons (Fsp3) is 0.917. The second-order valence-electron chi connectivity index (χ2n) is 4.64. The number of nitrogens with one attached hydrogen (secondary N) is 1. The first-order valence-electron chi connectivity index (χ1n) is 5.96. The van der Waals surface area contributed by atoms with Crippen molar-refractivity contribution in [2.75, 3.05) is 13.7 Å². The van der Waals surface area contributed by atoms with Crippen LogP contribution in [-0.4, -0.2) is 25.7 Å². The van der Waals surface area contributed by atoms with E-state index < -0.39 is 0 Å². The molecule has 0 spiro atoms. The summed E-state index contributed by atoms with van der Waals surface area (Å²) in [4.78, 5) is 11.3. The zero-order valence-electron chi connectivity index (χ0n) is 10.1. The zero-order chi connectivity index (χ0) is 11.3. The minimum atomic E-state index is -0.126. The lowest BCUT2D eigenvalue weighted by Gasteiger charge is -2.26. The van der Waals surface area contributed by atoms with E-state index in [-0.39, 0.29) is 17.9 Å². The van der Waals surface area contributed by atoms with E-state index in [0.717, 1.165) is 12.5 Å². The molecule has 0 bridgehead atoms. The first kappa shape index (κ1) is 12.5. The van der Waals surface area contributed by atoms with Crippen molar-refractivity contribution in [2.24, 2.45) is 11.8 Å². The first-order valence-corrected chi connectivity index (χ1v) is 5.96. The van der Waals surface area contributed by atoms with Crippen LogP contribution in [0.1, 0.15) is 39.5 Å². The normalized spacial score (nSPS) is 20.5. The van der Waals surface area contributed by atoms with Gasteiger partial charge in [-0.15, -0.1) is 0 Å². The van der Waals surface area contributed by atoms with Crippen LogP contribution in [0, 0.1) is 11.8 Å². The molecule has 1 N–H and O–H groups in total. The Morgan fingerprint density at radius 1 is 1.47 bits per heavy atom. The van der Waals surface area contributed by atoms with Crippen LogP contribution >= 0.6 is 0 Å². The Bertz CT molecular complexity index is 202. The van der Waals surface area contributed by atoms with Crippen LogP contribution in [-0.2, 0) is 9.53 Å². The van der Waals surface area contributed by atoms with Gasteiger partial charge in [0.05, 0.1) is 13.0 Å². The zero-order valence-corrected chi connectivity index (χ0v) is 10.1. The number of methoxy groups -OCH3 is 1. The Kier molecular flexibility index (Phi) is 5.09. The maximum absolute atomic E-state index is 11.3. The van der Waals surface area contributed by atoms with E-state index in [1.165, 1.54) is 32.8 Å². The van der Waals surface area contributed by atoms with Gasteiger partial charge in [0, 0.05) is 6.04 Å². The molecule has 1 fully saturated rings. The predicted octanol–water partition coefficient (Wildman–Crippen LogP) is 1.96. The highest BCUT2D eigenvalue weighted by atomic mass is 16.5. The van der Waals surface area contributed by atoms with Crippen molar-refractivity contribution in [1.82, 2.24) is 5.32 Å². The van der Waals surface area contributed by atoms with Crippen molar-refractivity contribution in [3.05, 3.63) is 0 Å². The molecule has 0 aliphatic heterocycles. The van der Waals surface area contributed by atoms with Gasteiger partial charge in [-0.3, -0.25) is 4.79 Å². The molecule has 2 unspecified atom stereocenters. The van der Waals surface area contributed by atoms with Crippen molar-refractivity contribution < 1.29 is 9.53 Å². The molecule has 0 aromatic carbocycles. The Morgan fingerprint density at radius 3 is 2.60 bits per heavy atom. The predicted molar refractivity (Wildman–Crippen MR) is 60.6 cm³/mol. The van der Waals surface area contributed by atoms with E-state index in [1.807, 2.05) is 13.8 Å². The minimum absolute atomic E-state index is 0.0589. The molecular formula is C12H23NO2. The number of ether oxygens (including phenoxy) is 1. The summed E-state index contributed by atoms with van der Waals surface area (Å²) in [5, 5.41) is 3.40. The fourth-order valence-corrected chi connectivity index (χ4v) is 1.86. The quantitative estimate of drug-likeness (QED) is 0.685. The molecule has 3 nitrogen and oxygen atoms in total. The lowest BCUT2D eigenvalue weighted by molar-refractivity contribution is -0.145. The molecule has 1 saturated carbocycles. The van der Waals surface area contributed by atoms with Gasteiger partial charge in [0.1, 0.15) is 0 Å². The van der Waals surface area contributed by atoms with Crippen LogP contribution in [0.2, 0.25) is 0 Å². The summed E-state index contributed by atoms with van der Waals surface area (Å²) >= 11 is 0. The molecule has 3 heteroatoms. The van der Waals surface area contributed by atoms with Gasteiger partial charge in [-0.05, 0) is 25.8 Å². The average Bonchev–Trinajstić information content (AvgIpc) is 2.19. The molecule has 0 amide bonds. The monoisotopic (exact) mass is 213 g/mol. The van der Waals surface area contributed by atoms with Gasteiger partial charge in [-0.2, -0.15) is 0 Å². The van der Waals surface area contributed by atoms with E-state index in [2.05, 4.69) is 5.32 Å². The topological polar surface area (TPSA) is 38.3 Å². The van der Waals surface area contributed by atoms with Gasteiger partial charge in [-0.25, -0.2) is 0 Å². The largest absolute Gasteiger partial charge is 0.469 e. The molecule has 1 rings (SSSR count). The lowest BCUT2D eigenvalue weighted by atomic mass is 9.83. The third-order valence-corrected chi connectivity index (χ3v) is 3.57. The van der Waals surface area contributed by atoms with Gasteiger partial charge >= 0.3 is 5.97 Å². The molecule has 0 radical (unpaired) electrons. The van der Waals surface area contributed by atoms with Crippen molar-refractivity contribution in [1.29, 1.82) is 0 Å². The first-order chi connectivity index (χ1) is 7.15. The highest BCUT2D eigenvalue weighted by molar-refractivity contribution is 5.72. The molecule has 0 aromatic rings. The van der Waals surface area contributed by atoms with Crippen molar-refractivity contribution in [2.45, 2.75) is 45.6 Å². The molecular weight excluding hydrogens is 190 g/mol. The number of hydrogen-bond acceptors (Lipinski definition) is 3. The Hall–Kier alpha value is -0.570. The summed E-state index contributed by atoms with van der Waals surface area (Å²) < 4.78 is 4.71. The minimum Gasteiger partial charge on any atom is -0.469 e. The van der Waals surface area contributed by atoms with Crippen LogP contribution in [0.5, 0.6) is 0 Å². The molecule has 0 saturated heterocycles. The molecule has 1 aliphatic carbocycles. The van der Waals surface area contributed by atoms with E-state index >= 15 is 0 Å². The van der Waals surface area contributed by atoms with E-state index in [4.69, 9.17) is 4.74 Å². The summed E-state index contributed by atoms with van der Waals surface area (Å²) in [5.74, 6) is 0.744. The number of esters is 1. The highest BCUT2D eigenvalue weighted by Crippen LogP contribution is 2.28. The molecule has 0 heterocycles. The molecule has 2 atom stereocenters. The Balaban J connectivity index is 2.10. The molecule has 88 valence electrons. The van der Waals surface area contributed by atoms with Gasteiger partial charge in [0.15, 0.2) is 0 Å².